The molecule has 2 N–H and O–H groups in total. The fraction of sp³-hybridized carbons (Fsp3) is 0.0952. The molecule has 7 heteroatoms. The van der Waals surface area contributed by atoms with Gasteiger partial charge in [-0.05, 0) is 54.1 Å². The number of rotatable bonds is 5. The lowest BCUT2D eigenvalue weighted by atomic mass is 10.2. The number of aromatic nitrogens is 2. The number of imidazole rings is 1. The topological polar surface area (TPSA) is 78.0 Å². The van der Waals surface area contributed by atoms with E-state index in [1.54, 1.807) is 24.3 Å². The van der Waals surface area contributed by atoms with Gasteiger partial charge in [0.05, 0.1) is 15.9 Å². The molecule has 0 saturated heterocycles. The van der Waals surface area contributed by atoms with Gasteiger partial charge in [0.2, 0.25) is 0 Å². The summed E-state index contributed by atoms with van der Waals surface area (Å²) in [6, 6.07) is 19.8. The molecule has 0 aliphatic heterocycles. The Morgan fingerprint density at radius 1 is 0.964 bits per heavy atom. The molecule has 0 saturated carbocycles. The Morgan fingerprint density at radius 2 is 1.71 bits per heavy atom. The van der Waals surface area contributed by atoms with E-state index in [4.69, 9.17) is 5.73 Å². The van der Waals surface area contributed by atoms with Crippen LogP contribution in [0.25, 0.3) is 11.0 Å². The smallest absolute Gasteiger partial charge is 0.185 e. The fourth-order valence-corrected chi connectivity index (χ4v) is 4.44. The lowest BCUT2D eigenvalue weighted by Gasteiger charge is -2.10. The molecule has 0 aliphatic rings. The van der Waals surface area contributed by atoms with Crippen molar-refractivity contribution in [2.75, 3.05) is 5.73 Å². The van der Waals surface area contributed by atoms with E-state index in [1.807, 2.05) is 28.8 Å². The van der Waals surface area contributed by atoms with Gasteiger partial charge in [0.15, 0.2) is 9.84 Å². The first-order valence-corrected chi connectivity index (χ1v) is 10.3. The van der Waals surface area contributed by atoms with Crippen LogP contribution in [0.2, 0.25) is 0 Å². The number of nitrogens with two attached hydrogens (primary N) is 1. The zero-order valence-corrected chi connectivity index (χ0v) is 15.7. The number of anilines is 1. The summed E-state index contributed by atoms with van der Waals surface area (Å²) in [5.74, 6) is -0.193. The maximum Gasteiger partial charge on any atom is 0.185 e. The van der Waals surface area contributed by atoms with E-state index in [0.29, 0.717) is 23.6 Å². The third-order valence-electron chi connectivity index (χ3n) is 4.52. The standard InChI is InChI=1S/C21H18FN3O2S/c22-16-5-3-4-15(12-16)13-25-20-7-2-1-6-19(20)24-21(25)14-28(26,27)18-10-8-17(23)9-11-18/h1-12H,13-14,23H2. The number of halogens is 1. The molecule has 1 heterocycles. The number of nitrogen functional groups attached to an aromatic ring is 1. The van der Waals surface area contributed by atoms with Crippen LogP contribution < -0.4 is 5.73 Å². The van der Waals surface area contributed by atoms with Gasteiger partial charge in [0.25, 0.3) is 0 Å². The Bertz CT molecular complexity index is 1250. The van der Waals surface area contributed by atoms with Crippen molar-refractivity contribution in [2.24, 2.45) is 0 Å². The minimum atomic E-state index is -3.61. The van der Waals surface area contributed by atoms with Crippen LogP contribution in [0.1, 0.15) is 11.4 Å². The molecule has 3 aromatic carbocycles. The lowest BCUT2D eigenvalue weighted by molar-refractivity contribution is 0.591. The molecule has 28 heavy (non-hydrogen) atoms. The maximum atomic E-state index is 13.6. The van der Waals surface area contributed by atoms with Crippen molar-refractivity contribution < 1.29 is 12.8 Å². The van der Waals surface area contributed by atoms with Gasteiger partial charge in [-0.1, -0.05) is 24.3 Å². The summed E-state index contributed by atoms with van der Waals surface area (Å²) in [4.78, 5) is 4.71. The van der Waals surface area contributed by atoms with E-state index in [1.165, 1.54) is 24.3 Å². The van der Waals surface area contributed by atoms with E-state index in [0.717, 1.165) is 11.1 Å². The second-order valence-electron chi connectivity index (χ2n) is 6.56. The molecular formula is C21H18FN3O2S. The van der Waals surface area contributed by atoms with E-state index in [2.05, 4.69) is 4.98 Å². The number of sulfone groups is 1. The highest BCUT2D eigenvalue weighted by Crippen LogP contribution is 2.23. The number of hydrogen-bond acceptors (Lipinski definition) is 4. The summed E-state index contributed by atoms with van der Waals surface area (Å²) in [5, 5.41) is 0. The van der Waals surface area contributed by atoms with Crippen LogP contribution in [-0.4, -0.2) is 18.0 Å². The zero-order chi connectivity index (χ0) is 19.7. The molecule has 0 fully saturated rings. The first-order chi connectivity index (χ1) is 13.4. The maximum absolute atomic E-state index is 13.6. The molecule has 1 aromatic heterocycles. The third kappa shape index (κ3) is 3.61. The second kappa shape index (κ2) is 7.09. The summed E-state index contributed by atoms with van der Waals surface area (Å²) in [7, 11) is -3.61. The molecule has 142 valence electrons. The van der Waals surface area contributed by atoms with Gasteiger partial charge in [0.1, 0.15) is 17.4 Å². The van der Waals surface area contributed by atoms with Gasteiger partial charge < -0.3 is 10.3 Å². The van der Waals surface area contributed by atoms with Gasteiger partial charge in [0, 0.05) is 12.2 Å². The third-order valence-corrected chi connectivity index (χ3v) is 6.15. The van der Waals surface area contributed by atoms with Crippen LogP contribution in [-0.2, 0) is 22.1 Å². The van der Waals surface area contributed by atoms with Gasteiger partial charge in [-0.2, -0.15) is 0 Å². The quantitative estimate of drug-likeness (QED) is 0.522. The van der Waals surface area contributed by atoms with Crippen LogP contribution in [0.3, 0.4) is 0 Å². The van der Waals surface area contributed by atoms with Gasteiger partial charge in [-0.25, -0.2) is 17.8 Å². The molecule has 0 amide bonds. The van der Waals surface area contributed by atoms with Crippen molar-refractivity contribution in [3.8, 4) is 0 Å². The zero-order valence-electron chi connectivity index (χ0n) is 14.9. The Hall–Kier alpha value is -3.19. The second-order valence-corrected chi connectivity index (χ2v) is 8.55. The molecule has 0 unspecified atom stereocenters. The minimum absolute atomic E-state index is 0.186. The molecule has 4 rings (SSSR count). The number of benzene rings is 3. The Balaban J connectivity index is 1.77. The van der Waals surface area contributed by atoms with E-state index >= 15 is 0 Å². The average molecular weight is 395 g/mol. The predicted molar refractivity (Wildman–Crippen MR) is 107 cm³/mol. The van der Waals surface area contributed by atoms with Crippen molar-refractivity contribution in [3.63, 3.8) is 0 Å². The first-order valence-electron chi connectivity index (χ1n) is 8.69. The number of nitrogens with zero attached hydrogens (tertiary/aromatic N) is 2. The van der Waals surface area contributed by atoms with Gasteiger partial charge >= 0.3 is 0 Å². The van der Waals surface area contributed by atoms with Crippen LogP contribution in [0.5, 0.6) is 0 Å². The molecule has 0 bridgehead atoms. The molecule has 0 aliphatic carbocycles. The molecule has 4 aromatic rings. The van der Waals surface area contributed by atoms with Gasteiger partial charge in [-0.3, -0.25) is 0 Å². The summed E-state index contributed by atoms with van der Waals surface area (Å²) < 4.78 is 41.2. The summed E-state index contributed by atoms with van der Waals surface area (Å²) in [6.45, 7) is 0.324. The number of hydrogen-bond donors (Lipinski definition) is 1. The van der Waals surface area contributed by atoms with Crippen molar-refractivity contribution in [2.45, 2.75) is 17.2 Å². The van der Waals surface area contributed by atoms with Crippen molar-refractivity contribution >= 4 is 26.6 Å². The predicted octanol–water partition coefficient (Wildman–Crippen LogP) is 3.78. The summed E-state index contributed by atoms with van der Waals surface area (Å²) in [6.07, 6.45) is 0. The number of fused-ring (bicyclic) bond motifs is 1. The molecule has 0 atom stereocenters. The summed E-state index contributed by atoms with van der Waals surface area (Å²) >= 11 is 0. The highest BCUT2D eigenvalue weighted by atomic mass is 32.2. The van der Waals surface area contributed by atoms with Crippen LogP contribution in [0.4, 0.5) is 10.1 Å². The minimum Gasteiger partial charge on any atom is -0.399 e. The fourth-order valence-electron chi connectivity index (χ4n) is 3.16. The Morgan fingerprint density at radius 3 is 2.46 bits per heavy atom. The van der Waals surface area contributed by atoms with E-state index in [-0.39, 0.29) is 16.5 Å². The van der Waals surface area contributed by atoms with Crippen LogP contribution >= 0.6 is 0 Å². The van der Waals surface area contributed by atoms with E-state index in [9.17, 15) is 12.8 Å². The molecule has 5 nitrogen and oxygen atoms in total. The van der Waals surface area contributed by atoms with Crippen LogP contribution in [0, 0.1) is 5.82 Å². The normalized spacial score (nSPS) is 11.8. The van der Waals surface area contributed by atoms with Crippen LogP contribution in [0.15, 0.2) is 77.7 Å². The first kappa shape index (κ1) is 18.2. The summed E-state index contributed by atoms with van der Waals surface area (Å²) in [5.41, 5.74) is 8.38. The largest absolute Gasteiger partial charge is 0.399 e. The van der Waals surface area contributed by atoms with Crippen molar-refractivity contribution in [1.82, 2.24) is 9.55 Å². The lowest BCUT2D eigenvalue weighted by Crippen LogP contribution is -2.12. The highest BCUT2D eigenvalue weighted by molar-refractivity contribution is 7.90. The Kier molecular flexibility index (Phi) is 4.60. The monoisotopic (exact) mass is 395 g/mol. The van der Waals surface area contributed by atoms with Crippen molar-refractivity contribution in [3.05, 3.63) is 90.0 Å². The molecule has 0 radical (unpaired) electrons. The van der Waals surface area contributed by atoms with E-state index < -0.39 is 9.84 Å². The SMILES string of the molecule is Nc1ccc(S(=O)(=O)Cc2nc3ccccc3n2Cc2cccc(F)c2)cc1. The molecular weight excluding hydrogens is 377 g/mol. The van der Waals surface area contributed by atoms with Gasteiger partial charge in [-0.15, -0.1) is 0 Å². The average Bonchev–Trinajstić information content (AvgIpc) is 2.99. The number of para-hydroxylation sites is 2. The van der Waals surface area contributed by atoms with Crippen molar-refractivity contribution in [1.29, 1.82) is 0 Å². The Labute approximate surface area is 162 Å². The molecule has 0 spiro atoms. The highest BCUT2D eigenvalue weighted by Gasteiger charge is 2.21.